The molecule has 8 heteroatoms. The second-order valence-electron chi connectivity index (χ2n) is 5.89. The number of allylic oxidation sites excluding steroid dienone is 1. The second-order valence-corrected chi connectivity index (χ2v) is 6.27. The summed E-state index contributed by atoms with van der Waals surface area (Å²) in [7, 11) is 0. The molecular formula is C19H17ClF3N3O. The van der Waals surface area contributed by atoms with Crippen LogP contribution in [0.1, 0.15) is 35.0 Å². The molecule has 2 aromatic rings. The van der Waals surface area contributed by atoms with Crippen LogP contribution in [0.2, 0.25) is 5.02 Å². The van der Waals surface area contributed by atoms with Crippen molar-refractivity contribution in [3.63, 3.8) is 0 Å². The van der Waals surface area contributed by atoms with Crippen LogP contribution in [0.5, 0.6) is 0 Å². The van der Waals surface area contributed by atoms with E-state index in [0.29, 0.717) is 28.1 Å². The highest BCUT2D eigenvalue weighted by atomic mass is 35.5. The first-order chi connectivity index (χ1) is 12.6. The molecule has 0 amide bonds. The minimum atomic E-state index is -4.42. The summed E-state index contributed by atoms with van der Waals surface area (Å²) in [5.41, 5.74) is 1.39. The molecule has 2 rings (SSSR count). The molecule has 0 atom stereocenters. The van der Waals surface area contributed by atoms with Crippen LogP contribution in [-0.4, -0.2) is 17.5 Å². The third-order valence-corrected chi connectivity index (χ3v) is 4.36. The number of aromatic amines is 1. The number of nitrogens with one attached hydrogen (secondary N) is 1. The van der Waals surface area contributed by atoms with Gasteiger partial charge in [0.2, 0.25) is 5.43 Å². The third kappa shape index (κ3) is 4.54. The van der Waals surface area contributed by atoms with E-state index in [9.17, 15) is 18.0 Å². The molecule has 0 aliphatic heterocycles. The van der Waals surface area contributed by atoms with Gasteiger partial charge in [-0.15, -0.1) is 0 Å². The summed E-state index contributed by atoms with van der Waals surface area (Å²) in [5.74, 6) is 0.135. The SMILES string of the molecule is C=NC(=N/C=C(\C)c1c(C)[nH]c(C)c(Cl)c1=O)c1ccc(C(F)(F)F)cc1. The Morgan fingerprint density at radius 3 is 2.30 bits per heavy atom. The normalized spacial score (nSPS) is 13.0. The minimum absolute atomic E-state index is 0.0946. The molecule has 0 unspecified atom stereocenters. The number of rotatable bonds is 3. The fourth-order valence-corrected chi connectivity index (χ4v) is 2.70. The highest BCUT2D eigenvalue weighted by molar-refractivity contribution is 6.31. The van der Waals surface area contributed by atoms with E-state index in [-0.39, 0.29) is 16.3 Å². The van der Waals surface area contributed by atoms with Crippen LogP contribution in [0.3, 0.4) is 0 Å². The third-order valence-electron chi connectivity index (χ3n) is 3.90. The Labute approximate surface area is 159 Å². The zero-order chi connectivity index (χ0) is 20.4. The molecule has 0 radical (unpaired) electrons. The van der Waals surface area contributed by atoms with E-state index in [1.54, 1.807) is 20.8 Å². The van der Waals surface area contributed by atoms with Crippen LogP contribution in [0, 0.1) is 13.8 Å². The zero-order valence-electron chi connectivity index (χ0n) is 14.9. The fraction of sp³-hybridized carbons (Fsp3) is 0.211. The molecule has 4 nitrogen and oxygen atoms in total. The van der Waals surface area contributed by atoms with Crippen LogP contribution in [0.15, 0.2) is 45.2 Å². The lowest BCUT2D eigenvalue weighted by molar-refractivity contribution is -0.137. The van der Waals surface area contributed by atoms with E-state index < -0.39 is 11.7 Å². The fourth-order valence-electron chi connectivity index (χ4n) is 2.56. The summed E-state index contributed by atoms with van der Waals surface area (Å²) in [4.78, 5) is 23.3. The summed E-state index contributed by atoms with van der Waals surface area (Å²) in [6.07, 6.45) is -3.01. The van der Waals surface area contributed by atoms with Crippen molar-refractivity contribution in [2.24, 2.45) is 9.98 Å². The molecule has 0 spiro atoms. The maximum absolute atomic E-state index is 12.7. The second kappa shape index (κ2) is 7.92. The van der Waals surface area contributed by atoms with Crippen molar-refractivity contribution in [3.05, 3.63) is 73.8 Å². The Morgan fingerprint density at radius 1 is 1.19 bits per heavy atom. The number of hydrogen-bond donors (Lipinski definition) is 1. The van der Waals surface area contributed by atoms with Crippen molar-refractivity contribution in [3.8, 4) is 0 Å². The lowest BCUT2D eigenvalue weighted by Gasteiger charge is -2.09. The predicted molar refractivity (Wildman–Crippen MR) is 103 cm³/mol. The number of H-pyrrole nitrogens is 1. The molecule has 142 valence electrons. The largest absolute Gasteiger partial charge is 0.416 e. The van der Waals surface area contributed by atoms with Crippen molar-refractivity contribution in [1.82, 2.24) is 4.98 Å². The zero-order valence-corrected chi connectivity index (χ0v) is 15.7. The summed E-state index contributed by atoms with van der Waals surface area (Å²) in [6.45, 7) is 8.52. The molecule has 0 saturated carbocycles. The quantitative estimate of drug-likeness (QED) is 0.565. The first-order valence-corrected chi connectivity index (χ1v) is 8.22. The molecule has 27 heavy (non-hydrogen) atoms. The average Bonchev–Trinajstić information content (AvgIpc) is 2.60. The van der Waals surface area contributed by atoms with Crippen LogP contribution < -0.4 is 5.43 Å². The van der Waals surface area contributed by atoms with E-state index in [1.807, 2.05) is 0 Å². The molecule has 0 aliphatic rings. The average molecular weight is 396 g/mol. The van der Waals surface area contributed by atoms with Gasteiger partial charge >= 0.3 is 6.18 Å². The molecule has 1 aromatic carbocycles. The van der Waals surface area contributed by atoms with E-state index in [2.05, 4.69) is 21.7 Å². The molecule has 0 bridgehead atoms. The number of aromatic nitrogens is 1. The number of aliphatic imine (C=N–C) groups is 2. The van der Waals surface area contributed by atoms with Gasteiger partial charge in [-0.1, -0.05) is 23.7 Å². The summed E-state index contributed by atoms with van der Waals surface area (Å²) < 4.78 is 38.0. The van der Waals surface area contributed by atoms with E-state index >= 15 is 0 Å². The molecule has 1 heterocycles. The lowest BCUT2D eigenvalue weighted by Crippen LogP contribution is -2.13. The Hall–Kier alpha value is -2.67. The van der Waals surface area contributed by atoms with Gasteiger partial charge in [-0.2, -0.15) is 13.2 Å². The molecule has 1 aromatic heterocycles. The number of benzene rings is 1. The van der Waals surface area contributed by atoms with Gasteiger partial charge in [-0.25, -0.2) is 9.98 Å². The number of aryl methyl sites for hydroxylation is 2. The van der Waals surface area contributed by atoms with Crippen LogP contribution >= 0.6 is 11.6 Å². The molecule has 1 N–H and O–H groups in total. The van der Waals surface area contributed by atoms with Gasteiger partial charge in [-0.05, 0) is 45.2 Å². The van der Waals surface area contributed by atoms with E-state index in [0.717, 1.165) is 12.1 Å². The number of hydrogen-bond acceptors (Lipinski definition) is 2. The lowest BCUT2D eigenvalue weighted by atomic mass is 10.1. The number of alkyl halides is 3. The Morgan fingerprint density at radius 2 is 1.78 bits per heavy atom. The first-order valence-electron chi connectivity index (χ1n) is 7.84. The van der Waals surface area contributed by atoms with Crippen molar-refractivity contribution in [1.29, 1.82) is 0 Å². The van der Waals surface area contributed by atoms with Gasteiger partial charge < -0.3 is 4.98 Å². The van der Waals surface area contributed by atoms with Crippen LogP contribution in [0.25, 0.3) is 5.57 Å². The molecule has 0 fully saturated rings. The van der Waals surface area contributed by atoms with Gasteiger partial charge in [0.1, 0.15) is 5.02 Å². The molecular weight excluding hydrogens is 379 g/mol. The van der Waals surface area contributed by atoms with Gasteiger partial charge in [-0.3, -0.25) is 4.79 Å². The number of halogens is 4. The smallest absolute Gasteiger partial charge is 0.361 e. The summed E-state index contributed by atoms with van der Waals surface area (Å²) in [6, 6.07) is 4.42. The minimum Gasteiger partial charge on any atom is -0.361 e. The van der Waals surface area contributed by atoms with Crippen LogP contribution in [-0.2, 0) is 6.18 Å². The maximum Gasteiger partial charge on any atom is 0.416 e. The standard InChI is InChI=1S/C19H17ClF3N3O/c1-10(15-11(2)26-12(3)16(20)17(15)27)9-25-18(24-4)13-5-7-14(8-6-13)19(21,22)23/h5-9H,4H2,1-3H3,(H,26,27)/b10-9+,25-18?. The van der Waals surface area contributed by atoms with E-state index in [4.69, 9.17) is 11.6 Å². The van der Waals surface area contributed by atoms with Gasteiger partial charge in [0.25, 0.3) is 0 Å². The van der Waals surface area contributed by atoms with Crippen molar-refractivity contribution >= 4 is 29.7 Å². The van der Waals surface area contributed by atoms with Gasteiger partial charge in [0, 0.05) is 28.7 Å². The predicted octanol–water partition coefficient (Wildman–Crippen LogP) is 5.17. The van der Waals surface area contributed by atoms with Crippen LogP contribution in [0.4, 0.5) is 13.2 Å². The van der Waals surface area contributed by atoms with Crippen molar-refractivity contribution < 1.29 is 13.2 Å². The summed E-state index contributed by atoms with van der Waals surface area (Å²) >= 11 is 6.01. The Bertz CT molecular complexity index is 987. The maximum atomic E-state index is 12.7. The van der Waals surface area contributed by atoms with E-state index in [1.165, 1.54) is 18.3 Å². The highest BCUT2D eigenvalue weighted by Crippen LogP contribution is 2.29. The molecule has 0 saturated heterocycles. The number of nitrogens with zero attached hydrogens (tertiary/aromatic N) is 2. The van der Waals surface area contributed by atoms with Gasteiger partial charge in [0.15, 0.2) is 5.84 Å². The Kier molecular flexibility index (Phi) is 6.05. The number of amidine groups is 1. The summed E-state index contributed by atoms with van der Waals surface area (Å²) in [5, 5.41) is 0.0946. The number of pyridine rings is 1. The first kappa shape index (κ1) is 20.6. The van der Waals surface area contributed by atoms with Crippen molar-refractivity contribution in [2.75, 3.05) is 0 Å². The Balaban J connectivity index is 2.43. The van der Waals surface area contributed by atoms with Crippen molar-refractivity contribution in [2.45, 2.75) is 26.9 Å². The monoisotopic (exact) mass is 395 g/mol. The topological polar surface area (TPSA) is 57.6 Å². The van der Waals surface area contributed by atoms with Gasteiger partial charge in [0.05, 0.1) is 5.56 Å². The molecule has 0 aliphatic carbocycles. The highest BCUT2D eigenvalue weighted by Gasteiger charge is 2.30.